The zero-order valence-corrected chi connectivity index (χ0v) is 9.80. The van der Waals surface area contributed by atoms with Gasteiger partial charge < -0.3 is 0 Å². The second-order valence-electron chi connectivity index (χ2n) is 5.75. The van der Waals surface area contributed by atoms with E-state index in [-0.39, 0.29) is 0 Å². The lowest BCUT2D eigenvalue weighted by Gasteiger charge is -2.22. The van der Waals surface area contributed by atoms with Crippen LogP contribution in [0, 0.1) is 23.7 Å². The molecule has 4 atom stereocenters. The molecule has 2 bridgehead atoms. The molecule has 1 nitrogen and oxygen atoms in total. The van der Waals surface area contributed by atoms with Crippen molar-refractivity contribution in [3.8, 4) is 0 Å². The number of fused-ring (bicyclic) bond motifs is 5. The first-order valence-electron chi connectivity index (χ1n) is 6.66. The highest BCUT2D eigenvalue weighted by Crippen LogP contribution is 2.57. The summed E-state index contributed by atoms with van der Waals surface area (Å²) < 4.78 is 0. The van der Waals surface area contributed by atoms with E-state index < -0.39 is 0 Å². The summed E-state index contributed by atoms with van der Waals surface area (Å²) in [6.45, 7) is 0. The van der Waals surface area contributed by atoms with Crippen LogP contribution in [0.25, 0.3) is 5.57 Å². The van der Waals surface area contributed by atoms with E-state index >= 15 is 0 Å². The molecular weight excluding hydrogens is 208 g/mol. The van der Waals surface area contributed by atoms with Crippen molar-refractivity contribution in [3.63, 3.8) is 0 Å². The van der Waals surface area contributed by atoms with Gasteiger partial charge in [0, 0.05) is 11.5 Å². The first kappa shape index (κ1) is 9.64. The quantitative estimate of drug-likeness (QED) is 0.715. The van der Waals surface area contributed by atoms with Crippen LogP contribution in [-0.2, 0) is 4.79 Å². The number of Topliss-reactive ketones (excluding diaryl/α,β-unsaturated/α-hetero) is 1. The molecule has 1 aromatic carbocycles. The maximum atomic E-state index is 12.5. The van der Waals surface area contributed by atoms with E-state index in [1.165, 1.54) is 19.3 Å². The Balaban J connectivity index is 1.75. The SMILES string of the molecule is O=C1C(c2ccccc2)=C[C@H]2[C@@H]3CC[C@@H](C3)[C@@H]12. The minimum atomic E-state index is 0.337. The highest BCUT2D eigenvalue weighted by atomic mass is 16.1. The van der Waals surface area contributed by atoms with Crippen molar-refractivity contribution in [1.82, 2.24) is 0 Å². The van der Waals surface area contributed by atoms with E-state index in [1.54, 1.807) is 0 Å². The van der Waals surface area contributed by atoms with Crippen molar-refractivity contribution in [2.24, 2.45) is 23.7 Å². The second kappa shape index (κ2) is 3.32. The van der Waals surface area contributed by atoms with Gasteiger partial charge in [0.25, 0.3) is 0 Å². The normalized spacial score (nSPS) is 38.4. The molecule has 3 aliphatic rings. The number of hydrogen-bond acceptors (Lipinski definition) is 1. The van der Waals surface area contributed by atoms with Gasteiger partial charge in [0.15, 0.2) is 5.78 Å². The van der Waals surface area contributed by atoms with Crippen LogP contribution in [0.3, 0.4) is 0 Å². The zero-order chi connectivity index (χ0) is 11.4. The van der Waals surface area contributed by atoms with Crippen molar-refractivity contribution >= 4 is 11.4 Å². The number of rotatable bonds is 1. The molecule has 0 unspecified atom stereocenters. The molecule has 2 fully saturated rings. The Labute approximate surface area is 102 Å². The van der Waals surface area contributed by atoms with Gasteiger partial charge in [-0.2, -0.15) is 0 Å². The molecule has 0 N–H and O–H groups in total. The van der Waals surface area contributed by atoms with Gasteiger partial charge in [-0.05, 0) is 42.6 Å². The average Bonchev–Trinajstić information content (AvgIpc) is 3.03. The lowest BCUT2D eigenvalue weighted by atomic mass is 9.81. The Hall–Kier alpha value is -1.37. The van der Waals surface area contributed by atoms with E-state index in [0.717, 1.165) is 17.1 Å². The van der Waals surface area contributed by atoms with Crippen LogP contribution in [0.2, 0.25) is 0 Å². The minimum Gasteiger partial charge on any atom is -0.294 e. The molecule has 1 aromatic rings. The van der Waals surface area contributed by atoms with Crippen molar-refractivity contribution in [2.75, 3.05) is 0 Å². The van der Waals surface area contributed by atoms with E-state index in [9.17, 15) is 4.79 Å². The van der Waals surface area contributed by atoms with Crippen LogP contribution in [-0.4, -0.2) is 5.78 Å². The Morgan fingerprint density at radius 3 is 2.53 bits per heavy atom. The Bertz CT molecular complexity index is 500. The zero-order valence-electron chi connectivity index (χ0n) is 9.80. The third-order valence-electron chi connectivity index (χ3n) is 4.99. The molecule has 0 aliphatic heterocycles. The van der Waals surface area contributed by atoms with Crippen LogP contribution in [0.1, 0.15) is 24.8 Å². The number of carbonyl (C=O) groups excluding carboxylic acids is 1. The van der Waals surface area contributed by atoms with Gasteiger partial charge in [0.1, 0.15) is 0 Å². The molecule has 0 heterocycles. The third kappa shape index (κ3) is 1.23. The predicted molar refractivity (Wildman–Crippen MR) is 67.2 cm³/mol. The molecule has 4 rings (SSSR count). The number of benzene rings is 1. The van der Waals surface area contributed by atoms with E-state index in [0.29, 0.717) is 23.5 Å². The van der Waals surface area contributed by atoms with E-state index in [1.807, 2.05) is 18.2 Å². The van der Waals surface area contributed by atoms with Gasteiger partial charge in [-0.25, -0.2) is 0 Å². The number of allylic oxidation sites excluding steroid dienone is 2. The van der Waals surface area contributed by atoms with Crippen LogP contribution in [0.5, 0.6) is 0 Å². The monoisotopic (exact) mass is 224 g/mol. The molecule has 0 amide bonds. The number of carbonyl (C=O) groups is 1. The van der Waals surface area contributed by atoms with Crippen molar-refractivity contribution in [2.45, 2.75) is 19.3 Å². The lowest BCUT2D eigenvalue weighted by Crippen LogP contribution is -2.23. The molecule has 0 aromatic heterocycles. The Morgan fingerprint density at radius 2 is 1.76 bits per heavy atom. The maximum Gasteiger partial charge on any atom is 0.167 e. The number of ketones is 1. The maximum absolute atomic E-state index is 12.5. The molecular formula is C16H16O. The van der Waals surface area contributed by atoms with Crippen LogP contribution in [0.4, 0.5) is 0 Å². The average molecular weight is 224 g/mol. The summed E-state index contributed by atoms with van der Waals surface area (Å²) in [6.07, 6.45) is 6.22. The summed E-state index contributed by atoms with van der Waals surface area (Å²) in [6, 6.07) is 10.2. The standard InChI is InChI=1S/C16H16O/c17-16-14(10-4-2-1-3-5-10)9-13-11-6-7-12(8-11)15(13)16/h1-5,9,11-13,15H,6-8H2/t11-,12+,13+,15-/m1/s1. The minimum absolute atomic E-state index is 0.337. The van der Waals surface area contributed by atoms with Gasteiger partial charge in [0.2, 0.25) is 0 Å². The second-order valence-corrected chi connectivity index (χ2v) is 5.75. The summed E-state index contributed by atoms with van der Waals surface area (Å²) in [4.78, 5) is 12.5. The van der Waals surface area contributed by atoms with Crippen LogP contribution in [0.15, 0.2) is 36.4 Å². The van der Waals surface area contributed by atoms with E-state index in [2.05, 4.69) is 18.2 Å². The van der Waals surface area contributed by atoms with Crippen molar-refractivity contribution in [3.05, 3.63) is 42.0 Å². The summed E-state index contributed by atoms with van der Waals surface area (Å²) in [7, 11) is 0. The molecule has 0 saturated heterocycles. The highest BCUT2D eigenvalue weighted by molar-refractivity contribution is 6.24. The summed E-state index contributed by atoms with van der Waals surface area (Å²) in [5.41, 5.74) is 2.11. The topological polar surface area (TPSA) is 17.1 Å². The summed E-state index contributed by atoms with van der Waals surface area (Å²) >= 11 is 0. The fourth-order valence-electron chi connectivity index (χ4n) is 4.27. The van der Waals surface area contributed by atoms with Crippen LogP contribution < -0.4 is 0 Å². The van der Waals surface area contributed by atoms with Gasteiger partial charge in [-0.15, -0.1) is 0 Å². The Kier molecular flexibility index (Phi) is 1.88. The molecule has 0 spiro atoms. The van der Waals surface area contributed by atoms with Crippen molar-refractivity contribution in [1.29, 1.82) is 0 Å². The lowest BCUT2D eigenvalue weighted by molar-refractivity contribution is -0.118. The van der Waals surface area contributed by atoms with Gasteiger partial charge >= 0.3 is 0 Å². The van der Waals surface area contributed by atoms with Gasteiger partial charge in [-0.1, -0.05) is 36.4 Å². The first-order chi connectivity index (χ1) is 8.34. The Morgan fingerprint density at radius 1 is 1.00 bits per heavy atom. The van der Waals surface area contributed by atoms with Crippen molar-refractivity contribution < 1.29 is 4.79 Å². The van der Waals surface area contributed by atoms with Gasteiger partial charge in [0.05, 0.1) is 0 Å². The number of hydrogen-bond donors (Lipinski definition) is 0. The fourth-order valence-corrected chi connectivity index (χ4v) is 4.27. The molecule has 1 heteroatoms. The molecule has 86 valence electrons. The third-order valence-corrected chi connectivity index (χ3v) is 4.99. The summed E-state index contributed by atoms with van der Waals surface area (Å²) in [5.74, 6) is 2.82. The summed E-state index contributed by atoms with van der Waals surface area (Å²) in [5, 5.41) is 0. The molecule has 17 heavy (non-hydrogen) atoms. The van der Waals surface area contributed by atoms with Crippen LogP contribution >= 0.6 is 0 Å². The first-order valence-corrected chi connectivity index (χ1v) is 6.66. The fraction of sp³-hybridized carbons (Fsp3) is 0.438. The molecule has 2 saturated carbocycles. The molecule has 3 aliphatic carbocycles. The van der Waals surface area contributed by atoms with E-state index in [4.69, 9.17) is 0 Å². The smallest absolute Gasteiger partial charge is 0.167 e. The predicted octanol–water partition coefficient (Wildman–Crippen LogP) is 3.32. The largest absolute Gasteiger partial charge is 0.294 e. The molecule has 0 radical (unpaired) electrons. The highest BCUT2D eigenvalue weighted by Gasteiger charge is 2.53. The van der Waals surface area contributed by atoms with Gasteiger partial charge in [-0.3, -0.25) is 4.79 Å².